The van der Waals surface area contributed by atoms with Gasteiger partial charge in [0, 0.05) is 18.0 Å². The predicted octanol–water partition coefficient (Wildman–Crippen LogP) is 2.28. The van der Waals surface area contributed by atoms with Crippen molar-refractivity contribution in [3.05, 3.63) is 29.0 Å². The fourth-order valence-corrected chi connectivity index (χ4v) is 3.83. The highest BCUT2D eigenvalue weighted by Crippen LogP contribution is 2.29. The Kier molecular flexibility index (Phi) is 5.53. The Morgan fingerprint density at radius 3 is 2.50 bits per heavy atom. The number of rotatable bonds is 7. The third-order valence-electron chi connectivity index (χ3n) is 3.79. The second-order valence-corrected chi connectivity index (χ2v) is 7.53. The number of ether oxygens (including phenoxy) is 2. The largest absolute Gasteiger partial charge is 0.481 e. The molecule has 0 aliphatic carbocycles. The number of aromatic amines is 1. The molecule has 0 atom stereocenters. The molecule has 3 aromatic rings. The van der Waals surface area contributed by atoms with Gasteiger partial charge in [0.25, 0.3) is 10.0 Å². The van der Waals surface area contributed by atoms with Crippen LogP contribution in [0.25, 0.3) is 11.0 Å². The van der Waals surface area contributed by atoms with Gasteiger partial charge in [0.1, 0.15) is 15.7 Å². The number of aromatic nitrogens is 4. The van der Waals surface area contributed by atoms with Crippen molar-refractivity contribution in [3.63, 3.8) is 0 Å². The lowest BCUT2D eigenvalue weighted by molar-refractivity contribution is 0.364. The second kappa shape index (κ2) is 7.87. The summed E-state index contributed by atoms with van der Waals surface area (Å²) in [5.41, 5.74) is 0.802. The number of nitriles is 1. The summed E-state index contributed by atoms with van der Waals surface area (Å²) in [6, 6.07) is 5.05. The molecule has 3 aromatic heterocycles. The first-order valence-electron chi connectivity index (χ1n) is 7.92. The minimum Gasteiger partial charge on any atom is -0.481 e. The number of halogens is 1. The summed E-state index contributed by atoms with van der Waals surface area (Å²) in [7, 11) is -1.28. The van der Waals surface area contributed by atoms with Crippen LogP contribution in [-0.2, 0) is 16.4 Å². The zero-order valence-electron chi connectivity index (χ0n) is 14.9. The van der Waals surface area contributed by atoms with Crippen LogP contribution in [0, 0.1) is 11.3 Å². The van der Waals surface area contributed by atoms with Crippen molar-refractivity contribution in [2.75, 3.05) is 18.9 Å². The standard InChI is InChI=1S/C16H15ClN6O4S/c1-26-14-10(4-3-7-18)15(27-2)22-16(21-14)23-28(24,25)11-8-19-13-9(11)5-6-12(17)20-13/h5-6,8H,3-4H2,1-2H3,(H,19,20)(H,21,22,23). The van der Waals surface area contributed by atoms with Gasteiger partial charge in [0.05, 0.1) is 25.9 Å². The molecule has 0 amide bonds. The number of pyridine rings is 1. The van der Waals surface area contributed by atoms with E-state index in [1.165, 1.54) is 26.5 Å². The van der Waals surface area contributed by atoms with Crippen LogP contribution in [-0.4, -0.2) is 42.6 Å². The summed E-state index contributed by atoms with van der Waals surface area (Å²) in [6.45, 7) is 0. The first kappa shape index (κ1) is 19.7. The van der Waals surface area contributed by atoms with E-state index < -0.39 is 10.0 Å². The molecule has 3 rings (SSSR count). The van der Waals surface area contributed by atoms with E-state index in [1.807, 2.05) is 6.07 Å². The second-order valence-electron chi connectivity index (χ2n) is 5.49. The van der Waals surface area contributed by atoms with E-state index in [-0.39, 0.29) is 34.2 Å². The fraction of sp³-hybridized carbons (Fsp3) is 0.250. The number of methoxy groups -OCH3 is 2. The number of sulfonamides is 1. The average Bonchev–Trinajstić information content (AvgIpc) is 3.09. The molecule has 28 heavy (non-hydrogen) atoms. The van der Waals surface area contributed by atoms with Crippen LogP contribution >= 0.6 is 11.6 Å². The Labute approximate surface area is 165 Å². The zero-order chi connectivity index (χ0) is 20.3. The average molecular weight is 423 g/mol. The van der Waals surface area contributed by atoms with Gasteiger partial charge in [-0.05, 0) is 18.6 Å². The number of nitrogens with zero attached hydrogens (tertiary/aromatic N) is 4. The lowest BCUT2D eigenvalue weighted by atomic mass is 10.2. The molecule has 0 aliphatic rings. The molecular formula is C16H15ClN6O4S. The molecule has 0 radical (unpaired) electrons. The van der Waals surface area contributed by atoms with Crippen LogP contribution in [0.4, 0.5) is 5.95 Å². The molecule has 0 aromatic carbocycles. The summed E-state index contributed by atoms with van der Waals surface area (Å²) in [6.07, 6.45) is 1.79. The predicted molar refractivity (Wildman–Crippen MR) is 101 cm³/mol. The van der Waals surface area contributed by atoms with Gasteiger partial charge in [0.15, 0.2) is 0 Å². The minimum absolute atomic E-state index is 0.0400. The Hall–Kier alpha value is -3.10. The molecule has 0 aliphatic heterocycles. The summed E-state index contributed by atoms with van der Waals surface area (Å²) in [5, 5.41) is 9.39. The van der Waals surface area contributed by atoms with Crippen molar-refractivity contribution in [3.8, 4) is 17.8 Å². The molecule has 10 nitrogen and oxygen atoms in total. The van der Waals surface area contributed by atoms with E-state index in [0.717, 1.165) is 0 Å². The van der Waals surface area contributed by atoms with Crippen molar-refractivity contribution in [1.29, 1.82) is 5.26 Å². The molecule has 0 bridgehead atoms. The monoisotopic (exact) mass is 422 g/mol. The van der Waals surface area contributed by atoms with Crippen LogP contribution in [0.15, 0.2) is 23.2 Å². The molecule has 12 heteroatoms. The third-order valence-corrected chi connectivity index (χ3v) is 5.37. The maximum atomic E-state index is 12.8. The van der Waals surface area contributed by atoms with E-state index in [9.17, 15) is 8.42 Å². The molecular weight excluding hydrogens is 408 g/mol. The Morgan fingerprint density at radius 1 is 1.21 bits per heavy atom. The van der Waals surface area contributed by atoms with Gasteiger partial charge in [-0.3, -0.25) is 0 Å². The van der Waals surface area contributed by atoms with Crippen molar-refractivity contribution in [1.82, 2.24) is 19.9 Å². The highest BCUT2D eigenvalue weighted by atomic mass is 35.5. The van der Waals surface area contributed by atoms with Gasteiger partial charge in [-0.1, -0.05) is 11.6 Å². The van der Waals surface area contributed by atoms with Crippen molar-refractivity contribution >= 4 is 38.6 Å². The van der Waals surface area contributed by atoms with Crippen LogP contribution in [0.1, 0.15) is 12.0 Å². The normalized spacial score (nSPS) is 11.2. The Balaban J connectivity index is 2.00. The van der Waals surface area contributed by atoms with Crippen LogP contribution in [0.5, 0.6) is 11.8 Å². The van der Waals surface area contributed by atoms with E-state index in [2.05, 4.69) is 24.7 Å². The van der Waals surface area contributed by atoms with E-state index in [0.29, 0.717) is 23.0 Å². The number of hydrogen-bond donors (Lipinski definition) is 2. The summed E-state index contributed by atoms with van der Waals surface area (Å²) < 4.78 is 38.4. The number of H-pyrrole nitrogens is 1. The maximum Gasteiger partial charge on any atom is 0.266 e. The molecule has 3 heterocycles. The highest BCUT2D eigenvalue weighted by Gasteiger charge is 2.23. The molecule has 0 saturated carbocycles. The molecule has 0 spiro atoms. The quantitative estimate of drug-likeness (QED) is 0.552. The lowest BCUT2D eigenvalue weighted by Crippen LogP contribution is -2.16. The number of nitrogens with one attached hydrogen (secondary N) is 2. The Bertz CT molecular complexity index is 1150. The van der Waals surface area contributed by atoms with Crippen molar-refractivity contribution < 1.29 is 17.9 Å². The van der Waals surface area contributed by atoms with Crippen LogP contribution < -0.4 is 14.2 Å². The Morgan fingerprint density at radius 2 is 1.89 bits per heavy atom. The number of hydrogen-bond acceptors (Lipinski definition) is 8. The van der Waals surface area contributed by atoms with Crippen molar-refractivity contribution in [2.24, 2.45) is 0 Å². The molecule has 0 unspecified atom stereocenters. The summed E-state index contributed by atoms with van der Waals surface area (Å²) >= 11 is 5.83. The first-order chi connectivity index (χ1) is 13.4. The molecule has 146 valence electrons. The lowest BCUT2D eigenvalue weighted by Gasteiger charge is -2.13. The van der Waals surface area contributed by atoms with E-state index in [1.54, 1.807) is 6.07 Å². The molecule has 2 N–H and O–H groups in total. The maximum absolute atomic E-state index is 12.8. The van der Waals surface area contributed by atoms with Gasteiger partial charge in [-0.2, -0.15) is 15.2 Å². The number of fused-ring (bicyclic) bond motifs is 1. The van der Waals surface area contributed by atoms with Gasteiger partial charge in [-0.25, -0.2) is 18.1 Å². The van der Waals surface area contributed by atoms with Gasteiger partial charge >= 0.3 is 0 Å². The topological polar surface area (TPSA) is 143 Å². The van der Waals surface area contributed by atoms with Crippen LogP contribution in [0.3, 0.4) is 0 Å². The third kappa shape index (κ3) is 3.78. The van der Waals surface area contributed by atoms with Gasteiger partial charge in [-0.15, -0.1) is 0 Å². The first-order valence-corrected chi connectivity index (χ1v) is 9.78. The molecule has 0 fully saturated rings. The van der Waals surface area contributed by atoms with Gasteiger partial charge in [0.2, 0.25) is 17.7 Å². The van der Waals surface area contributed by atoms with E-state index >= 15 is 0 Å². The summed E-state index contributed by atoms with van der Waals surface area (Å²) in [5.74, 6) is 0.00466. The van der Waals surface area contributed by atoms with Crippen LogP contribution in [0.2, 0.25) is 5.15 Å². The fourth-order valence-electron chi connectivity index (χ4n) is 2.58. The molecule has 0 saturated heterocycles. The van der Waals surface area contributed by atoms with Gasteiger partial charge < -0.3 is 14.5 Å². The SMILES string of the molecule is COc1nc(NS(=O)(=O)c2c[nH]c3nc(Cl)ccc23)nc(OC)c1CCC#N. The number of anilines is 1. The summed E-state index contributed by atoms with van der Waals surface area (Å²) in [4.78, 5) is 14.9. The van der Waals surface area contributed by atoms with Crippen molar-refractivity contribution in [2.45, 2.75) is 17.7 Å². The minimum atomic E-state index is -4.04. The zero-order valence-corrected chi connectivity index (χ0v) is 16.4. The smallest absolute Gasteiger partial charge is 0.266 e. The highest BCUT2D eigenvalue weighted by molar-refractivity contribution is 7.93. The van der Waals surface area contributed by atoms with E-state index in [4.69, 9.17) is 26.3 Å².